The summed E-state index contributed by atoms with van der Waals surface area (Å²) in [7, 11) is 0. The van der Waals surface area contributed by atoms with Gasteiger partial charge in [0.1, 0.15) is 0 Å². The van der Waals surface area contributed by atoms with Gasteiger partial charge in [-0.1, -0.05) is 6.07 Å². The number of carbonyl (C=O) groups is 2. The van der Waals surface area contributed by atoms with Crippen molar-refractivity contribution in [2.45, 2.75) is 25.8 Å². The molecule has 1 N–H and O–H groups in total. The van der Waals surface area contributed by atoms with E-state index in [-0.39, 0.29) is 11.8 Å². The number of amides is 2. The first-order valence-electron chi connectivity index (χ1n) is 8.12. The molecule has 130 valence electrons. The molecule has 2 aromatic rings. The van der Waals surface area contributed by atoms with E-state index in [1.54, 1.807) is 36.1 Å². The van der Waals surface area contributed by atoms with Gasteiger partial charge in [-0.25, -0.2) is 8.78 Å². The molecule has 0 unspecified atom stereocenters. The fraction of sp³-hybridized carbons (Fsp3) is 0.263. The third kappa shape index (κ3) is 3.68. The molecule has 2 amide bonds. The first kappa shape index (κ1) is 17.1. The highest BCUT2D eigenvalue weighted by Gasteiger charge is 2.22. The second-order valence-corrected chi connectivity index (χ2v) is 6.06. The summed E-state index contributed by atoms with van der Waals surface area (Å²) in [5.41, 5.74) is 1.68. The number of hydrogen-bond acceptors (Lipinski definition) is 2. The summed E-state index contributed by atoms with van der Waals surface area (Å²) in [6.45, 7) is 2.39. The second-order valence-electron chi connectivity index (χ2n) is 6.06. The molecular formula is C19H18F2N2O2. The van der Waals surface area contributed by atoms with Crippen molar-refractivity contribution in [1.82, 2.24) is 5.32 Å². The number of hydrogen-bond donors (Lipinski definition) is 1. The second kappa shape index (κ2) is 7.01. The van der Waals surface area contributed by atoms with Crippen molar-refractivity contribution in [3.05, 3.63) is 65.2 Å². The van der Waals surface area contributed by atoms with E-state index in [0.29, 0.717) is 24.1 Å². The van der Waals surface area contributed by atoms with Gasteiger partial charge >= 0.3 is 0 Å². The van der Waals surface area contributed by atoms with E-state index in [9.17, 15) is 18.4 Å². The first-order valence-corrected chi connectivity index (χ1v) is 8.12. The Morgan fingerprint density at radius 2 is 1.84 bits per heavy atom. The molecule has 4 nitrogen and oxygen atoms in total. The van der Waals surface area contributed by atoms with Crippen LogP contribution in [0.25, 0.3) is 0 Å². The van der Waals surface area contributed by atoms with Crippen molar-refractivity contribution in [3.63, 3.8) is 0 Å². The minimum Gasteiger partial charge on any atom is -0.346 e. The highest BCUT2D eigenvalue weighted by molar-refractivity contribution is 5.97. The third-order valence-corrected chi connectivity index (χ3v) is 4.31. The van der Waals surface area contributed by atoms with Gasteiger partial charge in [0, 0.05) is 24.2 Å². The number of halogens is 2. The fourth-order valence-corrected chi connectivity index (χ4v) is 2.86. The maximum Gasteiger partial charge on any atom is 0.251 e. The van der Waals surface area contributed by atoms with Crippen molar-refractivity contribution in [2.75, 3.05) is 11.4 Å². The van der Waals surface area contributed by atoms with E-state index in [0.717, 1.165) is 24.2 Å². The summed E-state index contributed by atoms with van der Waals surface area (Å²) in [4.78, 5) is 25.8. The Hall–Kier alpha value is -2.76. The van der Waals surface area contributed by atoms with Crippen molar-refractivity contribution in [2.24, 2.45) is 0 Å². The molecule has 0 aromatic heterocycles. The molecule has 0 aliphatic carbocycles. The Bertz CT molecular complexity index is 806. The normalized spacial score (nSPS) is 15.3. The minimum atomic E-state index is -0.946. The van der Waals surface area contributed by atoms with Gasteiger partial charge in [0.2, 0.25) is 5.91 Å². The van der Waals surface area contributed by atoms with Gasteiger partial charge in [-0.3, -0.25) is 9.59 Å². The number of benzene rings is 2. The average Bonchev–Trinajstić information content (AvgIpc) is 3.03. The van der Waals surface area contributed by atoms with Crippen molar-refractivity contribution in [1.29, 1.82) is 0 Å². The van der Waals surface area contributed by atoms with Crippen molar-refractivity contribution >= 4 is 17.5 Å². The summed E-state index contributed by atoms with van der Waals surface area (Å²) in [5, 5.41) is 2.75. The van der Waals surface area contributed by atoms with Crippen LogP contribution in [0, 0.1) is 11.6 Å². The van der Waals surface area contributed by atoms with Crippen LogP contribution in [-0.2, 0) is 4.79 Å². The smallest absolute Gasteiger partial charge is 0.251 e. The molecule has 1 aliphatic heterocycles. The molecule has 3 rings (SSSR count). The maximum atomic E-state index is 13.3. The summed E-state index contributed by atoms with van der Waals surface area (Å²) in [6, 6.07) is 9.84. The van der Waals surface area contributed by atoms with Crippen LogP contribution in [0.5, 0.6) is 0 Å². The summed E-state index contributed by atoms with van der Waals surface area (Å²) >= 11 is 0. The Morgan fingerprint density at radius 3 is 2.44 bits per heavy atom. The molecule has 1 saturated heterocycles. The highest BCUT2D eigenvalue weighted by atomic mass is 19.2. The SMILES string of the molecule is C[C@@H](NC(=O)c1ccc(N2CCCC2=O)cc1)c1ccc(F)c(F)c1. The van der Waals surface area contributed by atoms with E-state index >= 15 is 0 Å². The lowest BCUT2D eigenvalue weighted by Crippen LogP contribution is -2.27. The van der Waals surface area contributed by atoms with Crippen LogP contribution < -0.4 is 10.2 Å². The molecule has 0 saturated carbocycles. The first-order chi connectivity index (χ1) is 12.0. The Kier molecular flexibility index (Phi) is 4.79. The highest BCUT2D eigenvalue weighted by Crippen LogP contribution is 2.22. The summed E-state index contributed by atoms with van der Waals surface area (Å²) < 4.78 is 26.3. The van der Waals surface area contributed by atoms with Crippen LogP contribution in [0.15, 0.2) is 42.5 Å². The van der Waals surface area contributed by atoms with Gasteiger partial charge in [0.15, 0.2) is 11.6 Å². The molecule has 2 aromatic carbocycles. The number of anilines is 1. The van der Waals surface area contributed by atoms with E-state index in [1.807, 2.05) is 0 Å². The monoisotopic (exact) mass is 344 g/mol. The van der Waals surface area contributed by atoms with Crippen LogP contribution in [-0.4, -0.2) is 18.4 Å². The van der Waals surface area contributed by atoms with Gasteiger partial charge in [0.05, 0.1) is 6.04 Å². The van der Waals surface area contributed by atoms with Gasteiger partial charge in [-0.2, -0.15) is 0 Å². The Morgan fingerprint density at radius 1 is 1.12 bits per heavy atom. The summed E-state index contributed by atoms with van der Waals surface area (Å²) in [5.74, 6) is -2.10. The molecule has 25 heavy (non-hydrogen) atoms. The molecule has 1 heterocycles. The van der Waals surface area contributed by atoms with Crippen LogP contribution in [0.4, 0.5) is 14.5 Å². The predicted octanol–water partition coefficient (Wildman–Crippen LogP) is 3.58. The topological polar surface area (TPSA) is 49.4 Å². The van der Waals surface area contributed by atoms with Crippen molar-refractivity contribution < 1.29 is 18.4 Å². The zero-order chi connectivity index (χ0) is 18.0. The molecule has 6 heteroatoms. The number of nitrogens with one attached hydrogen (secondary N) is 1. The van der Waals surface area contributed by atoms with E-state index < -0.39 is 17.7 Å². The lowest BCUT2D eigenvalue weighted by Gasteiger charge is -2.17. The molecule has 1 aliphatic rings. The summed E-state index contributed by atoms with van der Waals surface area (Å²) in [6.07, 6.45) is 1.39. The third-order valence-electron chi connectivity index (χ3n) is 4.31. The van der Waals surface area contributed by atoms with E-state index in [4.69, 9.17) is 0 Å². The lowest BCUT2D eigenvalue weighted by atomic mass is 10.1. The molecule has 1 atom stereocenters. The molecule has 1 fully saturated rings. The number of carbonyl (C=O) groups excluding carboxylic acids is 2. The van der Waals surface area contributed by atoms with Crippen molar-refractivity contribution in [3.8, 4) is 0 Å². The molecule has 0 radical (unpaired) electrons. The Balaban J connectivity index is 1.68. The van der Waals surface area contributed by atoms with E-state index in [2.05, 4.69) is 5.32 Å². The minimum absolute atomic E-state index is 0.0872. The van der Waals surface area contributed by atoms with E-state index in [1.165, 1.54) is 6.07 Å². The average molecular weight is 344 g/mol. The maximum absolute atomic E-state index is 13.3. The van der Waals surface area contributed by atoms with Gasteiger partial charge in [0.25, 0.3) is 5.91 Å². The standard InChI is InChI=1S/C19H18F2N2O2/c1-12(14-6-9-16(20)17(21)11-14)22-19(25)13-4-7-15(8-5-13)23-10-2-3-18(23)24/h4-9,11-12H,2-3,10H2,1H3,(H,22,25)/t12-/m1/s1. The molecule has 0 bridgehead atoms. The van der Waals surface area contributed by atoms with Crippen LogP contribution in [0.2, 0.25) is 0 Å². The van der Waals surface area contributed by atoms with Crippen LogP contribution in [0.1, 0.15) is 41.7 Å². The number of nitrogens with zero attached hydrogens (tertiary/aromatic N) is 1. The van der Waals surface area contributed by atoms with Gasteiger partial charge < -0.3 is 10.2 Å². The zero-order valence-corrected chi connectivity index (χ0v) is 13.8. The van der Waals surface area contributed by atoms with Crippen LogP contribution in [0.3, 0.4) is 0 Å². The van der Waals surface area contributed by atoms with Crippen LogP contribution >= 0.6 is 0 Å². The molecule has 0 spiro atoms. The van der Waals surface area contributed by atoms with Gasteiger partial charge in [-0.05, 0) is 55.3 Å². The predicted molar refractivity (Wildman–Crippen MR) is 90.3 cm³/mol. The quantitative estimate of drug-likeness (QED) is 0.922. The lowest BCUT2D eigenvalue weighted by molar-refractivity contribution is -0.117. The largest absolute Gasteiger partial charge is 0.346 e. The zero-order valence-electron chi connectivity index (χ0n) is 13.8. The fourth-order valence-electron chi connectivity index (χ4n) is 2.86. The number of rotatable bonds is 4. The van der Waals surface area contributed by atoms with Gasteiger partial charge in [-0.15, -0.1) is 0 Å². The molecular weight excluding hydrogens is 326 g/mol. The Labute approximate surface area is 144 Å².